The number of rotatable bonds is 7. The van der Waals surface area contributed by atoms with Gasteiger partial charge in [0.2, 0.25) is 5.91 Å². The van der Waals surface area contributed by atoms with Gasteiger partial charge in [0, 0.05) is 12.7 Å². The number of para-hydroxylation sites is 2. The van der Waals surface area contributed by atoms with Crippen LogP contribution in [-0.2, 0) is 14.8 Å². The second kappa shape index (κ2) is 9.83. The molecule has 0 fully saturated rings. The topological polar surface area (TPSA) is 95.6 Å². The van der Waals surface area contributed by atoms with Crippen LogP contribution in [0.5, 0.6) is 0 Å². The summed E-state index contributed by atoms with van der Waals surface area (Å²) in [7, 11) is -2.60. The number of nitrogens with zero attached hydrogens (tertiary/aromatic N) is 1. The zero-order valence-corrected chi connectivity index (χ0v) is 19.2. The molecule has 0 unspecified atom stereocenters. The molecule has 9 heteroatoms. The van der Waals surface area contributed by atoms with Crippen molar-refractivity contribution in [2.24, 2.45) is 0 Å². The van der Waals surface area contributed by atoms with Gasteiger partial charge in [-0.2, -0.15) is 0 Å². The minimum absolute atomic E-state index is 0.0498. The summed E-state index contributed by atoms with van der Waals surface area (Å²) in [6.07, 6.45) is 0. The zero-order valence-electron chi connectivity index (χ0n) is 18.4. The number of hydrogen-bond acceptors (Lipinski definition) is 4. The standard InChI is InChI=1S/C24H24FN3O4S/c1-16-7-6-8-17(2)23(16)26-22(29)15-28(3)24(30)20-9-4-5-10-21(20)27-33(31,32)19-13-11-18(25)12-14-19/h4-14,27H,15H2,1-3H3,(H,26,29). The number of likely N-dealkylation sites (N-methyl/N-ethyl adjacent to an activating group) is 1. The van der Waals surface area contributed by atoms with E-state index in [0.717, 1.165) is 35.4 Å². The molecule has 0 saturated heterocycles. The van der Waals surface area contributed by atoms with Crippen LogP contribution in [0, 0.1) is 19.7 Å². The fraction of sp³-hybridized carbons (Fsp3) is 0.167. The van der Waals surface area contributed by atoms with E-state index in [9.17, 15) is 22.4 Å². The summed E-state index contributed by atoms with van der Waals surface area (Å²) in [6.45, 7) is 3.52. The van der Waals surface area contributed by atoms with Crippen LogP contribution in [0.2, 0.25) is 0 Å². The molecular formula is C24H24FN3O4S. The number of sulfonamides is 1. The van der Waals surface area contributed by atoms with Crippen LogP contribution in [0.25, 0.3) is 0 Å². The first-order valence-corrected chi connectivity index (χ1v) is 11.6. The molecule has 3 aromatic rings. The highest BCUT2D eigenvalue weighted by atomic mass is 32.2. The van der Waals surface area contributed by atoms with Crippen molar-refractivity contribution in [2.75, 3.05) is 23.6 Å². The first kappa shape index (κ1) is 23.9. The molecule has 0 aromatic heterocycles. The van der Waals surface area contributed by atoms with E-state index >= 15 is 0 Å². The van der Waals surface area contributed by atoms with Gasteiger partial charge in [-0.15, -0.1) is 0 Å². The van der Waals surface area contributed by atoms with Gasteiger partial charge in [-0.25, -0.2) is 12.8 Å². The molecule has 2 amide bonds. The highest BCUT2D eigenvalue weighted by molar-refractivity contribution is 7.92. The van der Waals surface area contributed by atoms with Gasteiger partial charge >= 0.3 is 0 Å². The van der Waals surface area contributed by atoms with Crippen LogP contribution in [-0.4, -0.2) is 38.7 Å². The molecule has 0 aliphatic heterocycles. The van der Waals surface area contributed by atoms with Crippen molar-refractivity contribution in [3.63, 3.8) is 0 Å². The van der Waals surface area contributed by atoms with Crippen LogP contribution in [0.3, 0.4) is 0 Å². The Morgan fingerprint density at radius 1 is 0.909 bits per heavy atom. The fourth-order valence-corrected chi connectivity index (χ4v) is 4.34. The van der Waals surface area contributed by atoms with Gasteiger partial charge in [-0.05, 0) is 61.4 Å². The largest absolute Gasteiger partial charge is 0.332 e. The smallest absolute Gasteiger partial charge is 0.261 e. The Labute approximate surface area is 192 Å². The molecule has 0 aliphatic carbocycles. The summed E-state index contributed by atoms with van der Waals surface area (Å²) >= 11 is 0. The SMILES string of the molecule is Cc1cccc(C)c1NC(=O)CN(C)C(=O)c1ccccc1NS(=O)(=O)c1ccc(F)cc1. The van der Waals surface area contributed by atoms with Gasteiger partial charge in [-0.3, -0.25) is 14.3 Å². The summed E-state index contributed by atoms with van der Waals surface area (Å²) in [5.74, 6) is -1.48. The van der Waals surface area contributed by atoms with Crippen molar-refractivity contribution < 1.29 is 22.4 Å². The summed E-state index contributed by atoms with van der Waals surface area (Å²) in [4.78, 5) is 26.6. The molecule has 0 heterocycles. The van der Waals surface area contributed by atoms with Crippen LogP contribution < -0.4 is 10.0 Å². The van der Waals surface area contributed by atoms with E-state index in [1.165, 1.54) is 24.1 Å². The number of hydrogen-bond donors (Lipinski definition) is 2. The quantitative estimate of drug-likeness (QED) is 0.548. The number of aryl methyl sites for hydroxylation is 2. The first-order valence-electron chi connectivity index (χ1n) is 10.1. The third kappa shape index (κ3) is 5.75. The third-order valence-corrected chi connectivity index (χ3v) is 6.38. The van der Waals surface area contributed by atoms with E-state index in [4.69, 9.17) is 0 Å². The number of nitrogens with one attached hydrogen (secondary N) is 2. The Hall–Kier alpha value is -3.72. The average Bonchev–Trinajstić information content (AvgIpc) is 2.76. The summed E-state index contributed by atoms with van der Waals surface area (Å²) in [6, 6.07) is 16.0. The number of carbonyl (C=O) groups is 2. The van der Waals surface area contributed by atoms with E-state index in [1.54, 1.807) is 12.1 Å². The van der Waals surface area contributed by atoms with Crippen LogP contribution in [0.4, 0.5) is 15.8 Å². The maximum atomic E-state index is 13.1. The van der Waals surface area contributed by atoms with Gasteiger partial charge in [0.15, 0.2) is 0 Å². The Kier molecular flexibility index (Phi) is 7.13. The zero-order chi connectivity index (χ0) is 24.2. The third-order valence-electron chi connectivity index (χ3n) is 5.00. The number of benzene rings is 3. The fourth-order valence-electron chi connectivity index (χ4n) is 3.26. The molecule has 0 bridgehead atoms. The van der Waals surface area contributed by atoms with Crippen molar-refractivity contribution >= 4 is 33.2 Å². The number of amides is 2. The number of halogens is 1. The molecule has 3 rings (SSSR count). The first-order chi connectivity index (χ1) is 15.6. The number of anilines is 2. The van der Waals surface area contributed by atoms with E-state index in [0.29, 0.717) is 5.69 Å². The van der Waals surface area contributed by atoms with E-state index in [-0.39, 0.29) is 28.6 Å². The van der Waals surface area contributed by atoms with Crippen molar-refractivity contribution in [2.45, 2.75) is 18.7 Å². The number of carbonyl (C=O) groups excluding carboxylic acids is 2. The van der Waals surface area contributed by atoms with E-state index in [2.05, 4.69) is 10.0 Å². The van der Waals surface area contributed by atoms with Crippen LogP contribution >= 0.6 is 0 Å². The lowest BCUT2D eigenvalue weighted by Gasteiger charge is -2.20. The van der Waals surface area contributed by atoms with Crippen LogP contribution in [0.15, 0.2) is 71.6 Å². The molecule has 3 aromatic carbocycles. The Morgan fingerprint density at radius 2 is 1.52 bits per heavy atom. The molecule has 0 saturated carbocycles. The van der Waals surface area contributed by atoms with Crippen LogP contribution in [0.1, 0.15) is 21.5 Å². The van der Waals surface area contributed by atoms with E-state index in [1.807, 2.05) is 32.0 Å². The normalized spacial score (nSPS) is 11.0. The molecule has 0 atom stereocenters. The van der Waals surface area contributed by atoms with Gasteiger partial charge in [0.1, 0.15) is 5.82 Å². The molecule has 0 spiro atoms. The minimum atomic E-state index is -4.05. The summed E-state index contributed by atoms with van der Waals surface area (Å²) in [5, 5.41) is 2.82. The molecule has 33 heavy (non-hydrogen) atoms. The summed E-state index contributed by atoms with van der Waals surface area (Å²) in [5.41, 5.74) is 2.62. The molecule has 0 aliphatic rings. The van der Waals surface area contributed by atoms with Gasteiger partial charge < -0.3 is 10.2 Å². The van der Waals surface area contributed by atoms with Crippen molar-refractivity contribution in [1.82, 2.24) is 4.90 Å². The Bertz CT molecular complexity index is 1270. The lowest BCUT2D eigenvalue weighted by molar-refractivity contribution is -0.116. The Morgan fingerprint density at radius 3 is 2.15 bits per heavy atom. The highest BCUT2D eigenvalue weighted by Gasteiger charge is 2.22. The molecular weight excluding hydrogens is 445 g/mol. The predicted octanol–water partition coefficient (Wildman–Crippen LogP) is 3.95. The molecule has 0 radical (unpaired) electrons. The van der Waals surface area contributed by atoms with Crippen molar-refractivity contribution in [1.29, 1.82) is 0 Å². The summed E-state index contributed by atoms with van der Waals surface area (Å²) < 4.78 is 40.9. The lowest BCUT2D eigenvalue weighted by atomic mass is 10.1. The van der Waals surface area contributed by atoms with Gasteiger partial charge in [0.25, 0.3) is 15.9 Å². The molecule has 172 valence electrons. The second-order valence-electron chi connectivity index (χ2n) is 7.58. The molecule has 2 N–H and O–H groups in total. The Balaban J connectivity index is 1.76. The monoisotopic (exact) mass is 469 g/mol. The van der Waals surface area contributed by atoms with Crippen molar-refractivity contribution in [3.8, 4) is 0 Å². The molecule has 7 nitrogen and oxygen atoms in total. The predicted molar refractivity (Wildman–Crippen MR) is 125 cm³/mol. The van der Waals surface area contributed by atoms with Gasteiger partial charge in [-0.1, -0.05) is 30.3 Å². The minimum Gasteiger partial charge on any atom is -0.332 e. The lowest BCUT2D eigenvalue weighted by Crippen LogP contribution is -2.35. The maximum absolute atomic E-state index is 13.1. The maximum Gasteiger partial charge on any atom is 0.261 e. The average molecular weight is 470 g/mol. The van der Waals surface area contributed by atoms with Crippen molar-refractivity contribution in [3.05, 3.63) is 89.2 Å². The highest BCUT2D eigenvalue weighted by Crippen LogP contribution is 2.22. The van der Waals surface area contributed by atoms with E-state index < -0.39 is 21.7 Å². The second-order valence-corrected chi connectivity index (χ2v) is 9.26. The van der Waals surface area contributed by atoms with Gasteiger partial charge in [0.05, 0.1) is 22.7 Å².